The van der Waals surface area contributed by atoms with Crippen molar-refractivity contribution >= 4 is 53.9 Å². The highest BCUT2D eigenvalue weighted by atomic mass is 35.5. The third kappa shape index (κ3) is 6.25. The van der Waals surface area contributed by atoms with Gasteiger partial charge in [0, 0.05) is 48.2 Å². The molecule has 30 heavy (non-hydrogen) atoms. The number of carbonyl (C=O) groups is 1. The zero-order chi connectivity index (χ0) is 19.7. The molecule has 1 N–H and O–H groups in total. The van der Waals surface area contributed by atoms with Gasteiger partial charge >= 0.3 is 0 Å². The van der Waals surface area contributed by atoms with Gasteiger partial charge in [0.25, 0.3) is 0 Å². The minimum Gasteiger partial charge on any atom is -0.339 e. The summed E-state index contributed by atoms with van der Waals surface area (Å²) in [5.74, 6) is 0.698. The van der Waals surface area contributed by atoms with Crippen molar-refractivity contribution in [2.75, 3.05) is 39.8 Å². The summed E-state index contributed by atoms with van der Waals surface area (Å²) in [5, 5.41) is 4.72. The lowest BCUT2D eigenvalue weighted by Gasteiger charge is -2.32. The monoisotopic (exact) mass is 489 g/mol. The smallest absolute Gasteiger partial charge is 0.236 e. The number of hydrogen-bond donors (Lipinski definition) is 1. The molecule has 1 aliphatic heterocycles. The molecule has 4 nitrogen and oxygen atoms in total. The number of nitrogens with one attached hydrogen (secondary N) is 1. The molecule has 2 fully saturated rings. The maximum absolute atomic E-state index is 12.4. The first-order valence-electron chi connectivity index (χ1n) is 9.76. The molecule has 0 spiro atoms. The van der Waals surface area contributed by atoms with Crippen molar-refractivity contribution in [2.24, 2.45) is 0 Å². The lowest BCUT2D eigenvalue weighted by Crippen LogP contribution is -2.49. The van der Waals surface area contributed by atoms with E-state index in [0.29, 0.717) is 28.5 Å². The van der Waals surface area contributed by atoms with Gasteiger partial charge in [0.15, 0.2) is 0 Å². The standard InChI is InChI=1S/C22H25Cl2N3O.2ClH/c1-26-6-8-27(9-7-26)22(28)14-25-21-13-20(21)16-4-2-15(3-5-16)17-10-18(23)12-19(24)11-17;;/h2-5,10-12,20-21,25H,6-9,13-14H2,1H3;2*1H/t20-,21+;;/m0../s1. The van der Waals surface area contributed by atoms with E-state index in [1.54, 1.807) is 6.07 Å². The lowest BCUT2D eigenvalue weighted by atomic mass is 10.0. The number of benzene rings is 2. The molecular weight excluding hydrogens is 464 g/mol. The van der Waals surface area contributed by atoms with E-state index in [-0.39, 0.29) is 30.7 Å². The molecule has 164 valence electrons. The van der Waals surface area contributed by atoms with E-state index in [9.17, 15) is 4.79 Å². The number of carbonyl (C=O) groups excluding carboxylic acids is 1. The molecule has 2 aromatic rings. The summed E-state index contributed by atoms with van der Waals surface area (Å²) in [7, 11) is 2.10. The van der Waals surface area contributed by atoms with Crippen molar-refractivity contribution in [1.29, 1.82) is 0 Å². The van der Waals surface area contributed by atoms with Crippen LogP contribution in [-0.4, -0.2) is 61.5 Å². The van der Waals surface area contributed by atoms with Gasteiger partial charge < -0.3 is 15.1 Å². The molecule has 0 bridgehead atoms. The SMILES string of the molecule is CN1CCN(C(=O)CN[C@@H]2C[C@H]2c2ccc(-c3cc(Cl)cc(Cl)c3)cc2)CC1.Cl.Cl. The van der Waals surface area contributed by atoms with Gasteiger partial charge in [-0.2, -0.15) is 0 Å². The fourth-order valence-electron chi connectivity index (χ4n) is 3.82. The maximum atomic E-state index is 12.4. The van der Waals surface area contributed by atoms with Crippen LogP contribution in [0.4, 0.5) is 0 Å². The minimum absolute atomic E-state index is 0. The molecule has 0 unspecified atom stereocenters. The van der Waals surface area contributed by atoms with Crippen LogP contribution in [0.1, 0.15) is 17.9 Å². The van der Waals surface area contributed by atoms with Gasteiger partial charge in [0.05, 0.1) is 6.54 Å². The van der Waals surface area contributed by atoms with Crippen LogP contribution in [0.15, 0.2) is 42.5 Å². The molecule has 1 heterocycles. The Morgan fingerprint density at radius 1 is 0.967 bits per heavy atom. The summed E-state index contributed by atoms with van der Waals surface area (Å²) in [6.45, 7) is 4.02. The topological polar surface area (TPSA) is 35.6 Å². The second-order valence-corrected chi connectivity index (χ2v) is 8.67. The maximum Gasteiger partial charge on any atom is 0.236 e. The number of rotatable bonds is 5. The van der Waals surface area contributed by atoms with Crippen LogP contribution in [0.2, 0.25) is 10.0 Å². The van der Waals surface area contributed by atoms with Crippen LogP contribution in [-0.2, 0) is 4.79 Å². The van der Waals surface area contributed by atoms with Crippen molar-refractivity contribution in [2.45, 2.75) is 18.4 Å². The second kappa shape index (κ2) is 11.0. The van der Waals surface area contributed by atoms with Gasteiger partial charge in [-0.15, -0.1) is 24.8 Å². The Hall–Kier alpha value is -1.01. The number of piperazine rings is 1. The average molecular weight is 491 g/mol. The lowest BCUT2D eigenvalue weighted by molar-refractivity contribution is -0.131. The molecule has 1 aliphatic carbocycles. The largest absolute Gasteiger partial charge is 0.339 e. The predicted octanol–water partition coefficient (Wildman–Crippen LogP) is 4.72. The van der Waals surface area contributed by atoms with Crippen LogP contribution >= 0.6 is 48.0 Å². The Labute approximate surface area is 200 Å². The van der Waals surface area contributed by atoms with Crippen molar-refractivity contribution in [3.8, 4) is 11.1 Å². The van der Waals surface area contributed by atoms with Crippen LogP contribution in [0.5, 0.6) is 0 Å². The van der Waals surface area contributed by atoms with E-state index in [1.807, 2.05) is 17.0 Å². The Kier molecular flexibility index (Phi) is 9.29. The first kappa shape index (κ1) is 25.3. The summed E-state index contributed by atoms with van der Waals surface area (Å²) in [6, 6.07) is 14.5. The number of halogens is 4. The Bertz CT molecular complexity index is 834. The molecule has 0 aromatic heterocycles. The summed E-state index contributed by atoms with van der Waals surface area (Å²) in [4.78, 5) is 16.6. The number of nitrogens with zero attached hydrogens (tertiary/aromatic N) is 2. The molecule has 8 heteroatoms. The minimum atomic E-state index is 0. The first-order chi connectivity index (χ1) is 13.5. The third-order valence-electron chi connectivity index (χ3n) is 5.70. The summed E-state index contributed by atoms with van der Waals surface area (Å²) >= 11 is 12.2. The Balaban J connectivity index is 0.00000160. The van der Waals surface area contributed by atoms with Gasteiger partial charge in [0.2, 0.25) is 5.91 Å². The van der Waals surface area contributed by atoms with Crippen LogP contribution in [0.25, 0.3) is 11.1 Å². The normalized spacial score (nSPS) is 20.8. The average Bonchev–Trinajstić information content (AvgIpc) is 3.46. The van der Waals surface area contributed by atoms with Gasteiger partial charge in [-0.05, 0) is 48.4 Å². The molecule has 2 atom stereocenters. The fourth-order valence-corrected chi connectivity index (χ4v) is 4.34. The van der Waals surface area contributed by atoms with Crippen LogP contribution < -0.4 is 5.32 Å². The molecular formula is C22H27Cl4N3O. The van der Waals surface area contributed by atoms with E-state index in [0.717, 1.165) is 43.7 Å². The molecule has 2 aliphatic rings. The van der Waals surface area contributed by atoms with E-state index in [1.165, 1.54) is 5.56 Å². The fraction of sp³-hybridized carbons (Fsp3) is 0.409. The van der Waals surface area contributed by atoms with Crippen LogP contribution in [0, 0.1) is 0 Å². The van der Waals surface area contributed by atoms with Crippen molar-refractivity contribution in [3.63, 3.8) is 0 Å². The van der Waals surface area contributed by atoms with Gasteiger partial charge in [0.1, 0.15) is 0 Å². The Morgan fingerprint density at radius 3 is 2.17 bits per heavy atom. The molecule has 1 amide bonds. The zero-order valence-corrected chi connectivity index (χ0v) is 20.0. The summed E-state index contributed by atoms with van der Waals surface area (Å²) in [5.41, 5.74) is 3.43. The third-order valence-corrected chi connectivity index (χ3v) is 6.13. The van der Waals surface area contributed by atoms with Gasteiger partial charge in [-0.25, -0.2) is 0 Å². The van der Waals surface area contributed by atoms with Crippen molar-refractivity contribution in [3.05, 3.63) is 58.1 Å². The van der Waals surface area contributed by atoms with Crippen molar-refractivity contribution < 1.29 is 4.79 Å². The highest BCUT2D eigenvalue weighted by Gasteiger charge is 2.38. The van der Waals surface area contributed by atoms with E-state index in [2.05, 4.69) is 41.5 Å². The zero-order valence-electron chi connectivity index (χ0n) is 16.8. The predicted molar refractivity (Wildman–Crippen MR) is 130 cm³/mol. The Morgan fingerprint density at radius 2 is 1.57 bits per heavy atom. The number of hydrogen-bond acceptors (Lipinski definition) is 3. The highest BCUT2D eigenvalue weighted by Crippen LogP contribution is 2.41. The van der Waals surface area contributed by atoms with Gasteiger partial charge in [-0.3, -0.25) is 4.79 Å². The van der Waals surface area contributed by atoms with Crippen molar-refractivity contribution in [1.82, 2.24) is 15.1 Å². The van der Waals surface area contributed by atoms with Crippen LogP contribution in [0.3, 0.4) is 0 Å². The molecule has 1 saturated carbocycles. The molecule has 2 aromatic carbocycles. The quantitative estimate of drug-likeness (QED) is 0.658. The second-order valence-electron chi connectivity index (χ2n) is 7.79. The van der Waals surface area contributed by atoms with E-state index >= 15 is 0 Å². The molecule has 0 radical (unpaired) electrons. The molecule has 1 saturated heterocycles. The summed E-state index contributed by atoms with van der Waals surface area (Å²) in [6.07, 6.45) is 1.08. The molecule has 4 rings (SSSR count). The first-order valence-corrected chi connectivity index (χ1v) is 10.5. The van der Waals surface area contributed by atoms with E-state index in [4.69, 9.17) is 23.2 Å². The number of amides is 1. The number of likely N-dealkylation sites (N-methyl/N-ethyl adjacent to an activating group) is 1. The van der Waals surface area contributed by atoms with E-state index < -0.39 is 0 Å². The van der Waals surface area contributed by atoms with Gasteiger partial charge in [-0.1, -0.05) is 47.5 Å². The summed E-state index contributed by atoms with van der Waals surface area (Å²) < 4.78 is 0. The highest BCUT2D eigenvalue weighted by molar-refractivity contribution is 6.35.